The SMILES string of the molecule is CCCC[C@@]1(C(=O)OCC)O[C@H]1c1ccccc1. The largest absolute Gasteiger partial charge is 0.464 e. The van der Waals surface area contributed by atoms with Crippen LogP contribution < -0.4 is 0 Å². The van der Waals surface area contributed by atoms with E-state index in [4.69, 9.17) is 9.47 Å². The lowest BCUT2D eigenvalue weighted by Crippen LogP contribution is -2.28. The van der Waals surface area contributed by atoms with Crippen molar-refractivity contribution in [3.05, 3.63) is 35.9 Å². The van der Waals surface area contributed by atoms with E-state index in [0.29, 0.717) is 6.61 Å². The Morgan fingerprint density at radius 2 is 2.06 bits per heavy atom. The quantitative estimate of drug-likeness (QED) is 0.573. The van der Waals surface area contributed by atoms with E-state index >= 15 is 0 Å². The Morgan fingerprint density at radius 1 is 1.33 bits per heavy atom. The highest BCUT2D eigenvalue weighted by molar-refractivity contribution is 5.83. The van der Waals surface area contributed by atoms with Gasteiger partial charge in [0.2, 0.25) is 0 Å². The Hall–Kier alpha value is -1.35. The fraction of sp³-hybridized carbons (Fsp3) is 0.533. The number of carbonyl (C=O) groups is 1. The maximum atomic E-state index is 12.1. The van der Waals surface area contributed by atoms with Gasteiger partial charge in [-0.25, -0.2) is 4.79 Å². The van der Waals surface area contributed by atoms with Crippen LogP contribution in [0, 0.1) is 0 Å². The summed E-state index contributed by atoms with van der Waals surface area (Å²) in [4.78, 5) is 12.1. The molecule has 0 spiro atoms. The van der Waals surface area contributed by atoms with Crippen LogP contribution in [0.3, 0.4) is 0 Å². The minimum absolute atomic E-state index is 0.135. The van der Waals surface area contributed by atoms with Crippen LogP contribution in [0.15, 0.2) is 30.3 Å². The Morgan fingerprint density at radius 3 is 2.67 bits per heavy atom. The molecule has 1 aromatic rings. The van der Waals surface area contributed by atoms with Crippen LogP contribution in [-0.4, -0.2) is 18.2 Å². The maximum Gasteiger partial charge on any atom is 0.341 e. The van der Waals surface area contributed by atoms with E-state index in [2.05, 4.69) is 6.92 Å². The average molecular weight is 248 g/mol. The molecule has 0 aromatic heterocycles. The van der Waals surface area contributed by atoms with Gasteiger partial charge in [-0.3, -0.25) is 0 Å². The van der Waals surface area contributed by atoms with Gasteiger partial charge in [-0.05, 0) is 18.9 Å². The smallest absolute Gasteiger partial charge is 0.341 e. The number of benzene rings is 1. The fourth-order valence-corrected chi connectivity index (χ4v) is 2.28. The van der Waals surface area contributed by atoms with Crippen LogP contribution >= 0.6 is 0 Å². The van der Waals surface area contributed by atoms with Crippen molar-refractivity contribution in [1.82, 2.24) is 0 Å². The molecular weight excluding hydrogens is 228 g/mol. The van der Waals surface area contributed by atoms with E-state index in [1.165, 1.54) is 0 Å². The van der Waals surface area contributed by atoms with Crippen LogP contribution in [-0.2, 0) is 14.3 Å². The van der Waals surface area contributed by atoms with Gasteiger partial charge in [0.15, 0.2) is 5.60 Å². The summed E-state index contributed by atoms with van der Waals surface area (Å²) in [6, 6.07) is 9.89. The summed E-state index contributed by atoms with van der Waals surface area (Å²) in [5.41, 5.74) is 0.328. The molecule has 1 fully saturated rings. The van der Waals surface area contributed by atoms with E-state index < -0.39 is 5.60 Å². The normalized spacial score (nSPS) is 25.8. The zero-order chi connectivity index (χ0) is 13.0. The molecule has 0 radical (unpaired) electrons. The van der Waals surface area contributed by atoms with Gasteiger partial charge >= 0.3 is 5.97 Å². The highest BCUT2D eigenvalue weighted by Gasteiger charge is 2.63. The van der Waals surface area contributed by atoms with Crippen LogP contribution in [0.1, 0.15) is 44.8 Å². The molecule has 98 valence electrons. The van der Waals surface area contributed by atoms with E-state index in [0.717, 1.165) is 24.8 Å². The Kier molecular flexibility index (Phi) is 4.02. The lowest BCUT2D eigenvalue weighted by molar-refractivity contribution is -0.149. The summed E-state index contributed by atoms with van der Waals surface area (Å²) in [5.74, 6) is -0.215. The molecule has 3 nitrogen and oxygen atoms in total. The van der Waals surface area contributed by atoms with E-state index in [1.807, 2.05) is 37.3 Å². The molecule has 18 heavy (non-hydrogen) atoms. The number of ether oxygens (including phenoxy) is 2. The third-order valence-electron chi connectivity index (χ3n) is 3.32. The molecule has 1 aliphatic heterocycles. The summed E-state index contributed by atoms with van der Waals surface area (Å²) in [6.45, 7) is 4.33. The molecule has 1 aliphatic rings. The first-order valence-electron chi connectivity index (χ1n) is 6.64. The molecule has 1 aromatic carbocycles. The number of carbonyl (C=O) groups excluding carboxylic acids is 1. The second-order valence-corrected chi connectivity index (χ2v) is 4.62. The van der Waals surface area contributed by atoms with Crippen molar-refractivity contribution in [3.8, 4) is 0 Å². The molecule has 1 saturated heterocycles. The van der Waals surface area contributed by atoms with Gasteiger partial charge in [-0.15, -0.1) is 0 Å². The Bertz CT molecular complexity index is 401. The zero-order valence-corrected chi connectivity index (χ0v) is 11.0. The summed E-state index contributed by atoms with van der Waals surface area (Å²) < 4.78 is 10.9. The van der Waals surface area contributed by atoms with Gasteiger partial charge in [0.25, 0.3) is 0 Å². The van der Waals surface area contributed by atoms with E-state index in [-0.39, 0.29) is 12.1 Å². The second-order valence-electron chi connectivity index (χ2n) is 4.62. The molecule has 0 unspecified atom stereocenters. The third kappa shape index (κ3) is 2.41. The highest BCUT2D eigenvalue weighted by Crippen LogP contribution is 2.53. The standard InChI is InChI=1S/C15H20O3/c1-3-5-11-15(14(16)17-4-2)13(18-15)12-9-7-6-8-10-12/h6-10,13H,3-5,11H2,1-2H3/t13-,15+/m0/s1. The van der Waals surface area contributed by atoms with Gasteiger partial charge in [0, 0.05) is 0 Å². The number of unbranched alkanes of at least 4 members (excludes halogenated alkanes) is 1. The summed E-state index contributed by atoms with van der Waals surface area (Å²) in [5, 5.41) is 0. The second kappa shape index (κ2) is 5.53. The van der Waals surface area contributed by atoms with Crippen LogP contribution in [0.4, 0.5) is 0 Å². The molecule has 0 N–H and O–H groups in total. The van der Waals surface area contributed by atoms with Gasteiger partial charge in [-0.1, -0.05) is 50.1 Å². The fourth-order valence-electron chi connectivity index (χ4n) is 2.28. The summed E-state index contributed by atoms with van der Waals surface area (Å²) >= 11 is 0. The lowest BCUT2D eigenvalue weighted by atomic mass is 9.94. The molecule has 0 saturated carbocycles. The number of esters is 1. The molecule has 2 atom stereocenters. The third-order valence-corrected chi connectivity index (χ3v) is 3.32. The summed E-state index contributed by atoms with van der Waals surface area (Å²) in [7, 11) is 0. The first kappa shape index (κ1) is 13.1. The minimum atomic E-state index is -0.729. The van der Waals surface area contributed by atoms with Crippen molar-refractivity contribution in [2.24, 2.45) is 0 Å². The van der Waals surface area contributed by atoms with Crippen molar-refractivity contribution in [2.45, 2.75) is 44.8 Å². The van der Waals surface area contributed by atoms with Crippen molar-refractivity contribution in [3.63, 3.8) is 0 Å². The zero-order valence-electron chi connectivity index (χ0n) is 11.0. The first-order chi connectivity index (χ1) is 8.74. The van der Waals surface area contributed by atoms with Crippen LogP contribution in [0.2, 0.25) is 0 Å². The van der Waals surface area contributed by atoms with Gasteiger partial charge in [0.1, 0.15) is 6.10 Å². The maximum absolute atomic E-state index is 12.1. The van der Waals surface area contributed by atoms with E-state index in [1.54, 1.807) is 0 Å². The molecule has 2 rings (SSSR count). The average Bonchev–Trinajstić information content (AvgIpc) is 3.14. The topological polar surface area (TPSA) is 38.8 Å². The highest BCUT2D eigenvalue weighted by atomic mass is 16.7. The monoisotopic (exact) mass is 248 g/mol. The molecule has 0 aliphatic carbocycles. The van der Waals surface area contributed by atoms with E-state index in [9.17, 15) is 4.79 Å². The van der Waals surface area contributed by atoms with Crippen molar-refractivity contribution in [2.75, 3.05) is 6.61 Å². The minimum Gasteiger partial charge on any atom is -0.464 e. The van der Waals surface area contributed by atoms with Crippen molar-refractivity contribution in [1.29, 1.82) is 0 Å². The Balaban J connectivity index is 2.12. The Labute approximate surface area is 108 Å². The first-order valence-corrected chi connectivity index (χ1v) is 6.64. The van der Waals surface area contributed by atoms with Crippen LogP contribution in [0.5, 0.6) is 0 Å². The number of hydrogen-bond donors (Lipinski definition) is 0. The predicted molar refractivity (Wildman–Crippen MR) is 69.2 cm³/mol. The molecule has 0 amide bonds. The summed E-state index contributed by atoms with van der Waals surface area (Å²) in [6.07, 6.45) is 2.63. The van der Waals surface area contributed by atoms with Gasteiger partial charge < -0.3 is 9.47 Å². The predicted octanol–water partition coefficient (Wildman–Crippen LogP) is 3.25. The van der Waals surface area contributed by atoms with Crippen LogP contribution in [0.25, 0.3) is 0 Å². The van der Waals surface area contributed by atoms with Gasteiger partial charge in [0.05, 0.1) is 6.61 Å². The lowest BCUT2D eigenvalue weighted by Gasteiger charge is -2.11. The van der Waals surface area contributed by atoms with Gasteiger partial charge in [-0.2, -0.15) is 0 Å². The number of hydrogen-bond acceptors (Lipinski definition) is 3. The molecule has 1 heterocycles. The molecule has 0 bridgehead atoms. The molecule has 3 heteroatoms. The number of rotatable bonds is 6. The molecular formula is C15H20O3. The van der Waals surface area contributed by atoms with Crippen molar-refractivity contribution >= 4 is 5.97 Å². The number of epoxide rings is 1. The van der Waals surface area contributed by atoms with Crippen molar-refractivity contribution < 1.29 is 14.3 Å².